The highest BCUT2D eigenvalue weighted by Crippen LogP contribution is 2.06. The van der Waals surface area contributed by atoms with Crippen molar-refractivity contribution in [3.05, 3.63) is 77.0 Å². The molecule has 22 heavy (non-hydrogen) atoms. The van der Waals surface area contributed by atoms with Crippen molar-refractivity contribution in [1.29, 1.82) is 0 Å². The minimum Gasteiger partial charge on any atom is -0.318 e. The first kappa shape index (κ1) is 18.1. The van der Waals surface area contributed by atoms with Crippen molar-refractivity contribution in [2.75, 3.05) is 0 Å². The van der Waals surface area contributed by atoms with Gasteiger partial charge in [0.15, 0.2) is 18.9 Å². The summed E-state index contributed by atoms with van der Waals surface area (Å²) in [5.74, 6) is 0. The van der Waals surface area contributed by atoms with Crippen LogP contribution in [0.15, 0.2) is 65.8 Å². The first-order chi connectivity index (χ1) is 10.2. The second-order valence-corrected chi connectivity index (χ2v) is 4.70. The molecule has 0 bridgehead atoms. The Bertz CT molecular complexity index is 782. The Morgan fingerprint density at radius 1 is 1.05 bits per heavy atom. The molecule has 0 aliphatic rings. The van der Waals surface area contributed by atoms with Crippen LogP contribution in [0.3, 0.4) is 0 Å². The third kappa shape index (κ3) is 4.04. The van der Waals surface area contributed by atoms with Crippen molar-refractivity contribution in [2.45, 2.75) is 20.4 Å². The van der Waals surface area contributed by atoms with Gasteiger partial charge in [-0.1, -0.05) is 44.2 Å². The van der Waals surface area contributed by atoms with E-state index in [9.17, 15) is 4.79 Å². The maximum atomic E-state index is 12.0. The summed E-state index contributed by atoms with van der Waals surface area (Å²) in [5.41, 5.74) is 1.29. The average molecular weight is 362 g/mol. The summed E-state index contributed by atoms with van der Waals surface area (Å²) >= 11 is 0. The van der Waals surface area contributed by atoms with E-state index in [0.717, 1.165) is 17.3 Å². The van der Waals surface area contributed by atoms with Gasteiger partial charge in [0.2, 0.25) is 0 Å². The van der Waals surface area contributed by atoms with Gasteiger partial charge in [0.25, 0.3) is 5.56 Å². The molecule has 0 saturated carbocycles. The SMILES string of the molecule is Br.CC.Cn1ccc2c[n+](Cc3ccccc3)ccc2c1=O. The van der Waals surface area contributed by atoms with Crippen molar-refractivity contribution >= 4 is 27.8 Å². The van der Waals surface area contributed by atoms with Gasteiger partial charge in [0.05, 0.1) is 10.8 Å². The quantitative estimate of drug-likeness (QED) is 0.641. The summed E-state index contributed by atoms with van der Waals surface area (Å²) in [6.07, 6.45) is 5.78. The van der Waals surface area contributed by atoms with Crippen LogP contribution in [-0.4, -0.2) is 4.57 Å². The minimum atomic E-state index is 0. The topological polar surface area (TPSA) is 25.9 Å². The summed E-state index contributed by atoms with van der Waals surface area (Å²) in [6, 6.07) is 14.1. The number of halogens is 1. The molecule has 2 heterocycles. The predicted octanol–water partition coefficient (Wildman–Crippen LogP) is 3.48. The lowest BCUT2D eigenvalue weighted by Gasteiger charge is -2.01. The van der Waals surface area contributed by atoms with E-state index in [4.69, 9.17) is 0 Å². The highest BCUT2D eigenvalue weighted by Gasteiger charge is 2.07. The molecule has 1 aromatic carbocycles. The lowest BCUT2D eigenvalue weighted by atomic mass is 10.2. The van der Waals surface area contributed by atoms with Crippen LogP contribution in [0.1, 0.15) is 19.4 Å². The Morgan fingerprint density at radius 2 is 1.73 bits per heavy atom. The van der Waals surface area contributed by atoms with Gasteiger partial charge < -0.3 is 4.57 Å². The van der Waals surface area contributed by atoms with Crippen molar-refractivity contribution in [1.82, 2.24) is 4.57 Å². The first-order valence-corrected chi connectivity index (χ1v) is 7.26. The van der Waals surface area contributed by atoms with E-state index in [0.29, 0.717) is 0 Å². The van der Waals surface area contributed by atoms with Crippen LogP contribution in [0, 0.1) is 0 Å². The van der Waals surface area contributed by atoms with Crippen LogP contribution in [0.4, 0.5) is 0 Å². The predicted molar refractivity (Wildman–Crippen MR) is 96.6 cm³/mol. The van der Waals surface area contributed by atoms with Crippen molar-refractivity contribution in [2.24, 2.45) is 7.05 Å². The zero-order chi connectivity index (χ0) is 15.2. The monoisotopic (exact) mass is 361 g/mol. The molecule has 0 atom stereocenters. The normalized spacial score (nSPS) is 9.59. The van der Waals surface area contributed by atoms with Crippen molar-refractivity contribution < 1.29 is 4.57 Å². The fourth-order valence-corrected chi connectivity index (χ4v) is 2.23. The van der Waals surface area contributed by atoms with E-state index in [-0.39, 0.29) is 22.5 Å². The molecule has 3 aromatic rings. The standard InChI is InChI=1S/C16H15N2O.C2H6.BrH/c1-17-9-7-14-12-18(10-8-15(14)16(17)19)11-13-5-3-2-4-6-13;1-2;/h2-10,12H,11H2,1H3;1-2H3;1H/q+1;;. The van der Waals surface area contributed by atoms with Gasteiger partial charge in [0, 0.05) is 24.9 Å². The number of aryl methyl sites for hydroxylation is 1. The Labute approximate surface area is 141 Å². The number of nitrogens with zero attached hydrogens (tertiary/aromatic N) is 2. The van der Waals surface area contributed by atoms with E-state index in [1.807, 2.05) is 56.6 Å². The lowest BCUT2D eigenvalue weighted by molar-refractivity contribution is -0.687. The minimum absolute atomic E-state index is 0. The van der Waals surface area contributed by atoms with E-state index in [1.54, 1.807) is 17.8 Å². The summed E-state index contributed by atoms with van der Waals surface area (Å²) in [7, 11) is 1.77. The molecular weight excluding hydrogens is 340 g/mol. The fraction of sp³-hybridized carbons (Fsp3) is 0.222. The molecule has 0 unspecified atom stereocenters. The van der Waals surface area contributed by atoms with Crippen LogP contribution in [0.25, 0.3) is 10.8 Å². The summed E-state index contributed by atoms with van der Waals surface area (Å²) in [5, 5.41) is 1.73. The summed E-state index contributed by atoms with van der Waals surface area (Å²) < 4.78 is 3.70. The molecule has 3 rings (SSSR count). The number of hydrogen-bond acceptors (Lipinski definition) is 1. The molecule has 4 heteroatoms. The van der Waals surface area contributed by atoms with Crippen LogP contribution in [0.5, 0.6) is 0 Å². The zero-order valence-corrected chi connectivity index (χ0v) is 14.9. The number of aromatic nitrogens is 2. The van der Waals surface area contributed by atoms with Gasteiger partial charge in [-0.2, -0.15) is 0 Å². The van der Waals surface area contributed by atoms with Gasteiger partial charge >= 0.3 is 0 Å². The smallest absolute Gasteiger partial charge is 0.258 e. The third-order valence-electron chi connectivity index (χ3n) is 3.29. The Hall–Kier alpha value is -1.94. The van der Waals surface area contributed by atoms with Gasteiger partial charge in [0.1, 0.15) is 0 Å². The van der Waals surface area contributed by atoms with Gasteiger partial charge in [-0.3, -0.25) is 4.79 Å². The third-order valence-corrected chi connectivity index (χ3v) is 3.29. The Morgan fingerprint density at radius 3 is 2.41 bits per heavy atom. The molecule has 0 amide bonds. The molecule has 0 spiro atoms. The van der Waals surface area contributed by atoms with Crippen LogP contribution < -0.4 is 10.1 Å². The number of hydrogen-bond donors (Lipinski definition) is 0. The number of pyridine rings is 2. The molecule has 3 nitrogen and oxygen atoms in total. The highest BCUT2D eigenvalue weighted by molar-refractivity contribution is 8.93. The van der Waals surface area contributed by atoms with Crippen molar-refractivity contribution in [3.8, 4) is 0 Å². The molecule has 0 N–H and O–H groups in total. The maximum Gasteiger partial charge on any atom is 0.258 e. The molecule has 0 aliphatic heterocycles. The molecular formula is C18H22BrN2O+. The van der Waals surface area contributed by atoms with Crippen molar-refractivity contribution in [3.63, 3.8) is 0 Å². The number of benzene rings is 1. The van der Waals surface area contributed by atoms with E-state index in [2.05, 4.69) is 16.7 Å². The summed E-state index contributed by atoms with van der Waals surface area (Å²) in [4.78, 5) is 12.0. The van der Waals surface area contributed by atoms with Gasteiger partial charge in [-0.05, 0) is 6.07 Å². The zero-order valence-electron chi connectivity index (χ0n) is 13.2. The largest absolute Gasteiger partial charge is 0.318 e. The first-order valence-electron chi connectivity index (χ1n) is 7.26. The highest BCUT2D eigenvalue weighted by atomic mass is 79.9. The van der Waals surface area contributed by atoms with Gasteiger partial charge in [-0.15, -0.1) is 17.0 Å². The Balaban J connectivity index is 0.000000775. The van der Waals surface area contributed by atoms with E-state index in [1.165, 1.54) is 5.56 Å². The lowest BCUT2D eigenvalue weighted by Crippen LogP contribution is -2.33. The van der Waals surface area contributed by atoms with Crippen LogP contribution >= 0.6 is 17.0 Å². The molecule has 0 aliphatic carbocycles. The van der Waals surface area contributed by atoms with Crippen LogP contribution in [0.2, 0.25) is 0 Å². The fourth-order valence-electron chi connectivity index (χ4n) is 2.23. The van der Waals surface area contributed by atoms with E-state index < -0.39 is 0 Å². The second-order valence-electron chi connectivity index (χ2n) is 4.70. The average Bonchev–Trinajstić information content (AvgIpc) is 2.54. The van der Waals surface area contributed by atoms with E-state index >= 15 is 0 Å². The number of fused-ring (bicyclic) bond motifs is 1. The molecule has 116 valence electrons. The van der Waals surface area contributed by atoms with Crippen LogP contribution in [-0.2, 0) is 13.6 Å². The molecule has 0 radical (unpaired) electrons. The Kier molecular flexibility index (Phi) is 6.99. The van der Waals surface area contributed by atoms with Gasteiger partial charge in [-0.25, -0.2) is 4.57 Å². The second kappa shape index (κ2) is 8.49. The molecule has 0 fully saturated rings. The number of rotatable bonds is 2. The maximum absolute atomic E-state index is 12.0. The molecule has 0 saturated heterocycles. The molecule has 2 aromatic heterocycles. The summed E-state index contributed by atoms with van der Waals surface area (Å²) in [6.45, 7) is 4.81.